The van der Waals surface area contributed by atoms with E-state index in [2.05, 4.69) is 38.1 Å². The summed E-state index contributed by atoms with van der Waals surface area (Å²) in [7, 11) is 0. The summed E-state index contributed by atoms with van der Waals surface area (Å²) in [5, 5.41) is 0. The van der Waals surface area contributed by atoms with Gasteiger partial charge in [-0.1, -0.05) is 51.0 Å². The van der Waals surface area contributed by atoms with Crippen LogP contribution in [0, 0.1) is 0 Å². The molecule has 1 rings (SSSR count). The highest BCUT2D eigenvalue weighted by Crippen LogP contribution is 2.21. The Labute approximate surface area is 129 Å². The molecule has 0 aliphatic rings. The number of unbranched alkanes of at least 4 members (excludes halogenated alkanes) is 2. The standard InChI is InChI=1S/C18H30O3/c1-4-7-13-20-18(21-14-8-5-2)17-11-9-16(10-12-17)15-19-6-3/h9-12,18H,4-8,13-15H2,1-3H3. The maximum Gasteiger partial charge on any atom is 0.183 e. The van der Waals surface area contributed by atoms with Gasteiger partial charge in [-0.25, -0.2) is 0 Å². The van der Waals surface area contributed by atoms with Gasteiger partial charge < -0.3 is 14.2 Å². The molecule has 0 heterocycles. The number of hydrogen-bond donors (Lipinski definition) is 0. The lowest BCUT2D eigenvalue weighted by Crippen LogP contribution is -2.11. The van der Waals surface area contributed by atoms with E-state index >= 15 is 0 Å². The van der Waals surface area contributed by atoms with Crippen LogP contribution in [-0.4, -0.2) is 19.8 Å². The Morgan fingerprint density at radius 3 is 1.90 bits per heavy atom. The minimum Gasteiger partial charge on any atom is -0.377 e. The highest BCUT2D eigenvalue weighted by atomic mass is 16.7. The average molecular weight is 294 g/mol. The van der Waals surface area contributed by atoms with E-state index in [1.165, 1.54) is 5.56 Å². The third-order valence-electron chi connectivity index (χ3n) is 3.26. The van der Waals surface area contributed by atoms with Gasteiger partial charge in [0.25, 0.3) is 0 Å². The monoisotopic (exact) mass is 294 g/mol. The SMILES string of the molecule is CCCCOC(OCCCC)c1ccc(COCC)cc1. The predicted octanol–water partition coefficient (Wildman–Crippen LogP) is 4.86. The van der Waals surface area contributed by atoms with E-state index in [1.807, 2.05) is 6.92 Å². The Kier molecular flexibility index (Phi) is 10.1. The second-order valence-corrected chi connectivity index (χ2v) is 5.16. The molecular weight excluding hydrogens is 264 g/mol. The lowest BCUT2D eigenvalue weighted by molar-refractivity contribution is -0.148. The summed E-state index contributed by atoms with van der Waals surface area (Å²) in [6.45, 7) is 9.23. The Balaban J connectivity index is 2.57. The van der Waals surface area contributed by atoms with E-state index in [-0.39, 0.29) is 6.29 Å². The van der Waals surface area contributed by atoms with Crippen LogP contribution in [0.15, 0.2) is 24.3 Å². The van der Waals surface area contributed by atoms with Crippen molar-refractivity contribution in [3.63, 3.8) is 0 Å². The van der Waals surface area contributed by atoms with Gasteiger partial charge in [0.15, 0.2) is 6.29 Å². The van der Waals surface area contributed by atoms with Crippen LogP contribution in [0.3, 0.4) is 0 Å². The van der Waals surface area contributed by atoms with Crippen LogP contribution in [-0.2, 0) is 20.8 Å². The number of rotatable bonds is 12. The molecule has 0 aromatic heterocycles. The molecule has 0 aliphatic carbocycles. The fourth-order valence-electron chi connectivity index (χ4n) is 1.90. The Morgan fingerprint density at radius 2 is 1.43 bits per heavy atom. The maximum absolute atomic E-state index is 5.88. The summed E-state index contributed by atoms with van der Waals surface area (Å²) in [6, 6.07) is 8.34. The molecule has 0 unspecified atom stereocenters. The molecule has 0 saturated heterocycles. The van der Waals surface area contributed by atoms with Crippen LogP contribution < -0.4 is 0 Å². The van der Waals surface area contributed by atoms with Gasteiger partial charge in [0.1, 0.15) is 0 Å². The minimum absolute atomic E-state index is 0.246. The van der Waals surface area contributed by atoms with Crippen molar-refractivity contribution in [3.8, 4) is 0 Å². The largest absolute Gasteiger partial charge is 0.377 e. The van der Waals surface area contributed by atoms with E-state index in [1.54, 1.807) is 0 Å². The molecule has 3 heteroatoms. The topological polar surface area (TPSA) is 27.7 Å². The molecule has 3 nitrogen and oxygen atoms in total. The molecular formula is C18H30O3. The van der Waals surface area contributed by atoms with Gasteiger partial charge in [-0.05, 0) is 25.3 Å². The first-order valence-corrected chi connectivity index (χ1v) is 8.21. The Bertz CT molecular complexity index is 338. The highest BCUT2D eigenvalue weighted by molar-refractivity contribution is 5.23. The zero-order chi connectivity index (χ0) is 15.3. The summed E-state index contributed by atoms with van der Waals surface area (Å²) in [5.41, 5.74) is 2.27. The summed E-state index contributed by atoms with van der Waals surface area (Å²) in [6.07, 6.45) is 4.15. The van der Waals surface area contributed by atoms with Gasteiger partial charge in [0.2, 0.25) is 0 Å². The first kappa shape index (κ1) is 18.1. The molecule has 1 aromatic carbocycles. The van der Waals surface area contributed by atoms with Crippen molar-refractivity contribution in [1.82, 2.24) is 0 Å². The second-order valence-electron chi connectivity index (χ2n) is 5.16. The number of hydrogen-bond acceptors (Lipinski definition) is 3. The lowest BCUT2D eigenvalue weighted by atomic mass is 10.1. The van der Waals surface area contributed by atoms with E-state index in [9.17, 15) is 0 Å². The predicted molar refractivity (Wildman–Crippen MR) is 86.2 cm³/mol. The molecule has 0 saturated carbocycles. The maximum atomic E-state index is 5.88. The van der Waals surface area contributed by atoms with Crippen LogP contribution in [0.4, 0.5) is 0 Å². The molecule has 0 radical (unpaired) electrons. The number of ether oxygens (including phenoxy) is 3. The molecule has 120 valence electrons. The summed E-state index contributed by atoms with van der Waals surface area (Å²) >= 11 is 0. The normalized spacial score (nSPS) is 11.2. The molecule has 0 bridgehead atoms. The van der Waals surface area contributed by atoms with Gasteiger partial charge in [0.05, 0.1) is 19.8 Å². The smallest absolute Gasteiger partial charge is 0.183 e. The molecule has 0 aliphatic heterocycles. The van der Waals surface area contributed by atoms with Crippen molar-refractivity contribution in [3.05, 3.63) is 35.4 Å². The Morgan fingerprint density at radius 1 is 0.857 bits per heavy atom. The molecule has 0 spiro atoms. The van der Waals surface area contributed by atoms with Crippen molar-refractivity contribution in [1.29, 1.82) is 0 Å². The molecule has 0 amide bonds. The van der Waals surface area contributed by atoms with E-state index < -0.39 is 0 Å². The minimum atomic E-state index is -0.246. The van der Waals surface area contributed by atoms with Crippen LogP contribution >= 0.6 is 0 Å². The van der Waals surface area contributed by atoms with E-state index in [0.717, 1.165) is 51.1 Å². The molecule has 0 fully saturated rings. The van der Waals surface area contributed by atoms with Crippen LogP contribution in [0.5, 0.6) is 0 Å². The van der Waals surface area contributed by atoms with Crippen molar-refractivity contribution >= 4 is 0 Å². The molecule has 1 aromatic rings. The fraction of sp³-hybridized carbons (Fsp3) is 0.667. The van der Waals surface area contributed by atoms with Gasteiger partial charge in [-0.2, -0.15) is 0 Å². The van der Waals surface area contributed by atoms with Gasteiger partial charge >= 0.3 is 0 Å². The number of benzene rings is 1. The summed E-state index contributed by atoms with van der Waals surface area (Å²) < 4.78 is 17.2. The zero-order valence-corrected chi connectivity index (χ0v) is 13.8. The van der Waals surface area contributed by atoms with E-state index in [4.69, 9.17) is 14.2 Å². The van der Waals surface area contributed by atoms with Crippen LogP contribution in [0.25, 0.3) is 0 Å². The fourth-order valence-corrected chi connectivity index (χ4v) is 1.90. The first-order chi connectivity index (χ1) is 10.3. The summed E-state index contributed by atoms with van der Waals surface area (Å²) in [4.78, 5) is 0. The highest BCUT2D eigenvalue weighted by Gasteiger charge is 2.12. The quantitative estimate of drug-likeness (QED) is 0.407. The first-order valence-electron chi connectivity index (χ1n) is 8.21. The average Bonchev–Trinajstić information content (AvgIpc) is 2.52. The van der Waals surface area contributed by atoms with Crippen molar-refractivity contribution < 1.29 is 14.2 Å². The van der Waals surface area contributed by atoms with Crippen LogP contribution in [0.1, 0.15) is 63.9 Å². The summed E-state index contributed by atoms with van der Waals surface area (Å²) in [5.74, 6) is 0. The molecule has 21 heavy (non-hydrogen) atoms. The third-order valence-corrected chi connectivity index (χ3v) is 3.26. The van der Waals surface area contributed by atoms with Gasteiger partial charge in [-0.15, -0.1) is 0 Å². The van der Waals surface area contributed by atoms with Crippen LogP contribution in [0.2, 0.25) is 0 Å². The zero-order valence-electron chi connectivity index (χ0n) is 13.8. The van der Waals surface area contributed by atoms with Gasteiger partial charge in [-0.3, -0.25) is 0 Å². The van der Waals surface area contributed by atoms with Crippen molar-refractivity contribution in [2.75, 3.05) is 19.8 Å². The molecule has 0 N–H and O–H groups in total. The van der Waals surface area contributed by atoms with Crippen molar-refractivity contribution in [2.45, 2.75) is 59.4 Å². The molecule has 0 atom stereocenters. The van der Waals surface area contributed by atoms with Crippen molar-refractivity contribution in [2.24, 2.45) is 0 Å². The lowest BCUT2D eigenvalue weighted by Gasteiger charge is -2.19. The van der Waals surface area contributed by atoms with E-state index in [0.29, 0.717) is 6.61 Å². The third kappa shape index (κ3) is 7.60. The second kappa shape index (κ2) is 11.7. The Hall–Kier alpha value is -0.900. The van der Waals surface area contributed by atoms with Gasteiger partial charge in [0, 0.05) is 12.2 Å².